The number of likely N-dealkylation sites (tertiary alicyclic amines) is 1. The van der Waals surface area contributed by atoms with Gasteiger partial charge in [-0.3, -0.25) is 9.69 Å². The van der Waals surface area contributed by atoms with Crippen LogP contribution in [-0.4, -0.2) is 58.3 Å². The lowest BCUT2D eigenvalue weighted by Gasteiger charge is -2.48. The number of aliphatic hydroxyl groups is 1. The second kappa shape index (κ2) is 13.2. The molecule has 1 amide bonds. The Morgan fingerprint density at radius 1 is 1.11 bits per heavy atom. The fourth-order valence-corrected chi connectivity index (χ4v) is 8.67. The number of aryl methyl sites for hydroxylation is 1. The molecular formula is C31H43N3O2S2. The first kappa shape index (κ1) is 28.0. The van der Waals surface area contributed by atoms with Crippen molar-refractivity contribution < 1.29 is 9.90 Å². The van der Waals surface area contributed by atoms with E-state index in [1.165, 1.54) is 47.3 Å². The van der Waals surface area contributed by atoms with Crippen molar-refractivity contribution in [1.29, 1.82) is 0 Å². The van der Waals surface area contributed by atoms with Gasteiger partial charge in [-0.1, -0.05) is 62.2 Å². The molecule has 2 aromatic rings. The molecular weight excluding hydrogens is 510 g/mol. The molecule has 0 unspecified atom stereocenters. The van der Waals surface area contributed by atoms with Gasteiger partial charge in [0.05, 0.1) is 12.6 Å². The van der Waals surface area contributed by atoms with Crippen LogP contribution in [0.25, 0.3) is 0 Å². The minimum atomic E-state index is -0.682. The monoisotopic (exact) mass is 553 g/mol. The number of carbonyl (C=O) groups is 1. The Labute approximate surface area is 236 Å². The minimum absolute atomic E-state index is 0.0110. The predicted molar refractivity (Wildman–Crippen MR) is 160 cm³/mol. The van der Waals surface area contributed by atoms with Gasteiger partial charge in [0.25, 0.3) is 0 Å². The molecule has 1 saturated carbocycles. The third kappa shape index (κ3) is 7.16. The summed E-state index contributed by atoms with van der Waals surface area (Å²) in [5.74, 6) is 0.759. The van der Waals surface area contributed by atoms with Crippen LogP contribution in [0.2, 0.25) is 0 Å². The number of piperidine rings is 1. The van der Waals surface area contributed by atoms with Crippen LogP contribution in [0.1, 0.15) is 74.6 Å². The van der Waals surface area contributed by atoms with Crippen molar-refractivity contribution in [3.63, 3.8) is 0 Å². The molecule has 3 atom stereocenters. The largest absolute Gasteiger partial charge is 0.389 e. The number of hydrogen-bond acceptors (Lipinski definition) is 6. The first-order valence-electron chi connectivity index (χ1n) is 14.4. The van der Waals surface area contributed by atoms with Gasteiger partial charge in [-0.2, -0.15) is 0 Å². The van der Waals surface area contributed by atoms with Crippen LogP contribution in [0.4, 0.5) is 0 Å². The van der Waals surface area contributed by atoms with Gasteiger partial charge in [-0.15, -0.1) is 23.5 Å². The molecule has 2 aliphatic heterocycles. The van der Waals surface area contributed by atoms with E-state index in [9.17, 15) is 9.90 Å². The first-order chi connectivity index (χ1) is 18.5. The third-order valence-electron chi connectivity index (χ3n) is 8.34. The second-order valence-corrected chi connectivity index (χ2v) is 13.9. The molecule has 2 fully saturated rings. The van der Waals surface area contributed by atoms with Crippen molar-refractivity contribution >= 4 is 29.4 Å². The van der Waals surface area contributed by atoms with E-state index in [-0.39, 0.29) is 17.3 Å². The van der Waals surface area contributed by atoms with Gasteiger partial charge in [0.1, 0.15) is 5.37 Å². The molecule has 1 saturated heterocycles. The fourth-order valence-electron chi connectivity index (χ4n) is 5.90. The van der Waals surface area contributed by atoms with E-state index in [2.05, 4.69) is 64.6 Å². The topological polar surface area (TPSA) is 64.6 Å². The maximum Gasteiger partial charge on any atom is 0.235 e. The van der Waals surface area contributed by atoms with Crippen LogP contribution in [-0.2, 0) is 17.0 Å². The summed E-state index contributed by atoms with van der Waals surface area (Å²) >= 11 is 3.69. The minimum Gasteiger partial charge on any atom is -0.389 e. The number of rotatable bonds is 11. The number of nitrogens with zero attached hydrogens (tertiary/aromatic N) is 1. The van der Waals surface area contributed by atoms with Crippen LogP contribution in [0.15, 0.2) is 53.4 Å². The predicted octanol–water partition coefficient (Wildman–Crippen LogP) is 5.52. The molecule has 7 heteroatoms. The van der Waals surface area contributed by atoms with Gasteiger partial charge in [0, 0.05) is 28.0 Å². The number of carbonyl (C=O) groups excluding carboxylic acids is 1. The summed E-state index contributed by atoms with van der Waals surface area (Å²) in [5, 5.41) is 18.0. The Balaban J connectivity index is 1.25. The summed E-state index contributed by atoms with van der Waals surface area (Å²) in [6.45, 7) is 5.05. The molecule has 38 heavy (non-hydrogen) atoms. The highest BCUT2D eigenvalue weighted by atomic mass is 32.2. The van der Waals surface area contributed by atoms with Crippen molar-refractivity contribution in [1.82, 2.24) is 15.5 Å². The number of hydrogen-bond donors (Lipinski definition) is 3. The number of benzene rings is 2. The SMILES string of the molecule is CCc1ccc2c(c1)[C@@H](NC[C@@H](O)[C@@H](NC(=O)CN1CCCCC1)SCc1ccccc1)CC1(CCC1)S2. The zero-order chi connectivity index (χ0) is 26.4. The van der Waals surface area contributed by atoms with E-state index < -0.39 is 6.10 Å². The fraction of sp³-hybridized carbons (Fsp3) is 0.581. The highest BCUT2D eigenvalue weighted by Crippen LogP contribution is 2.57. The summed E-state index contributed by atoms with van der Waals surface area (Å²) in [4.78, 5) is 16.6. The van der Waals surface area contributed by atoms with Gasteiger partial charge in [0.2, 0.25) is 5.91 Å². The van der Waals surface area contributed by atoms with Crippen molar-refractivity contribution in [2.75, 3.05) is 26.2 Å². The second-order valence-electron chi connectivity index (χ2n) is 11.2. The van der Waals surface area contributed by atoms with Crippen LogP contribution in [0, 0.1) is 0 Å². The Bertz CT molecular complexity index is 1060. The smallest absolute Gasteiger partial charge is 0.235 e. The van der Waals surface area contributed by atoms with E-state index in [1.807, 2.05) is 18.2 Å². The van der Waals surface area contributed by atoms with Crippen molar-refractivity contribution in [3.8, 4) is 0 Å². The van der Waals surface area contributed by atoms with Gasteiger partial charge in [-0.05, 0) is 74.4 Å². The molecule has 0 bridgehead atoms. The lowest BCUT2D eigenvalue weighted by Crippen LogP contribution is -2.50. The van der Waals surface area contributed by atoms with E-state index in [1.54, 1.807) is 11.8 Å². The Hall–Kier alpha value is -1.51. The van der Waals surface area contributed by atoms with Crippen LogP contribution in [0.3, 0.4) is 0 Å². The van der Waals surface area contributed by atoms with Gasteiger partial charge in [0.15, 0.2) is 0 Å². The molecule has 0 aromatic heterocycles. The molecule has 1 spiro atoms. The standard InChI is InChI=1S/C31H43N3O2S2/c1-2-23-12-13-28-25(18-23)26(19-31(38-28)14-9-15-31)32-20-27(35)30(37-22-24-10-5-3-6-11-24)33-29(36)21-34-16-7-4-8-17-34/h3,5-6,10-13,18,26-27,30,32,35H,2,4,7-9,14-17,19-22H2,1H3,(H,33,36)/t26-,27+,30-/m0/s1. The van der Waals surface area contributed by atoms with E-state index >= 15 is 0 Å². The molecule has 3 N–H and O–H groups in total. The molecule has 0 radical (unpaired) electrons. The highest BCUT2D eigenvalue weighted by molar-refractivity contribution is 8.00. The van der Waals surface area contributed by atoms with E-state index in [4.69, 9.17) is 0 Å². The number of thioether (sulfide) groups is 2. The zero-order valence-electron chi connectivity index (χ0n) is 22.7. The molecule has 5 rings (SSSR count). The number of aliphatic hydroxyl groups excluding tert-OH is 1. The van der Waals surface area contributed by atoms with Crippen LogP contribution < -0.4 is 10.6 Å². The summed E-state index contributed by atoms with van der Waals surface area (Å²) in [6.07, 6.45) is 8.88. The highest BCUT2D eigenvalue weighted by Gasteiger charge is 2.44. The van der Waals surface area contributed by atoms with Crippen molar-refractivity contribution in [2.24, 2.45) is 0 Å². The van der Waals surface area contributed by atoms with E-state index in [0.717, 1.165) is 44.5 Å². The van der Waals surface area contributed by atoms with E-state index in [0.29, 0.717) is 17.8 Å². The normalized spacial score (nSPS) is 22.3. The molecule has 206 valence electrons. The maximum absolute atomic E-state index is 13.0. The number of fused-ring (bicyclic) bond motifs is 1. The maximum atomic E-state index is 13.0. The lowest BCUT2D eigenvalue weighted by molar-refractivity contribution is -0.123. The number of amides is 1. The first-order valence-corrected chi connectivity index (χ1v) is 16.3. The van der Waals surface area contributed by atoms with Gasteiger partial charge in [-0.25, -0.2) is 0 Å². The Morgan fingerprint density at radius 3 is 2.61 bits per heavy atom. The van der Waals surface area contributed by atoms with Crippen molar-refractivity contribution in [2.45, 2.75) is 91.2 Å². The molecule has 5 nitrogen and oxygen atoms in total. The van der Waals surface area contributed by atoms with Crippen LogP contribution >= 0.6 is 23.5 Å². The molecule has 3 aliphatic rings. The summed E-state index contributed by atoms with van der Waals surface area (Å²) < 4.78 is 0.341. The average molecular weight is 554 g/mol. The van der Waals surface area contributed by atoms with Crippen molar-refractivity contribution in [3.05, 3.63) is 65.2 Å². The summed E-state index contributed by atoms with van der Waals surface area (Å²) in [6, 6.07) is 17.5. The van der Waals surface area contributed by atoms with Gasteiger partial charge < -0.3 is 15.7 Å². The summed E-state index contributed by atoms with van der Waals surface area (Å²) in [5.41, 5.74) is 3.94. The average Bonchev–Trinajstić information content (AvgIpc) is 2.93. The zero-order valence-corrected chi connectivity index (χ0v) is 24.3. The molecule has 2 aromatic carbocycles. The number of nitrogens with one attached hydrogen (secondary N) is 2. The Morgan fingerprint density at radius 2 is 1.89 bits per heavy atom. The Kier molecular flexibility index (Phi) is 9.76. The molecule has 1 aliphatic carbocycles. The third-order valence-corrected chi connectivity index (χ3v) is 11.2. The van der Waals surface area contributed by atoms with Gasteiger partial charge >= 0.3 is 0 Å². The lowest BCUT2D eigenvalue weighted by atomic mass is 9.77. The molecule has 2 heterocycles. The van der Waals surface area contributed by atoms with Crippen LogP contribution in [0.5, 0.6) is 0 Å². The summed E-state index contributed by atoms with van der Waals surface area (Å²) in [7, 11) is 0. The quantitative estimate of drug-likeness (QED) is 0.319.